The molecule has 0 aromatic carbocycles. The fourth-order valence-corrected chi connectivity index (χ4v) is 3.29. The van der Waals surface area contributed by atoms with Gasteiger partial charge in [-0.05, 0) is 24.3 Å². The second-order valence-corrected chi connectivity index (χ2v) is 5.80. The molecule has 0 spiro atoms. The molecule has 1 saturated carbocycles. The molecular formula is C13H19N5OS. The number of nitrogens with one attached hydrogen (secondary N) is 2. The van der Waals surface area contributed by atoms with Crippen LogP contribution < -0.4 is 16.6 Å². The van der Waals surface area contributed by atoms with E-state index in [0.29, 0.717) is 18.7 Å². The van der Waals surface area contributed by atoms with E-state index in [1.54, 1.807) is 11.3 Å². The number of ether oxygens (including phenoxy) is 1. The van der Waals surface area contributed by atoms with E-state index in [9.17, 15) is 0 Å². The average molecular weight is 293 g/mol. The molecule has 0 unspecified atom stereocenters. The summed E-state index contributed by atoms with van der Waals surface area (Å²) in [5.41, 5.74) is 3.40. The Hall–Kier alpha value is -1.44. The van der Waals surface area contributed by atoms with Gasteiger partial charge in [0.2, 0.25) is 5.95 Å². The summed E-state index contributed by atoms with van der Waals surface area (Å²) in [4.78, 5) is 8.66. The molecule has 0 bridgehead atoms. The van der Waals surface area contributed by atoms with Gasteiger partial charge < -0.3 is 10.1 Å². The van der Waals surface area contributed by atoms with E-state index < -0.39 is 0 Å². The predicted molar refractivity (Wildman–Crippen MR) is 81.9 cm³/mol. The summed E-state index contributed by atoms with van der Waals surface area (Å²) in [6.07, 6.45) is 5.44. The molecule has 2 aromatic rings. The van der Waals surface area contributed by atoms with Crippen LogP contribution in [-0.2, 0) is 4.74 Å². The number of rotatable bonds is 6. The van der Waals surface area contributed by atoms with E-state index in [2.05, 4.69) is 20.7 Å². The Morgan fingerprint density at radius 2 is 2.20 bits per heavy atom. The molecule has 2 aromatic heterocycles. The lowest BCUT2D eigenvalue weighted by Gasteiger charge is -2.12. The molecule has 108 valence electrons. The monoisotopic (exact) mass is 293 g/mol. The summed E-state index contributed by atoms with van der Waals surface area (Å²) in [6.45, 7) is 1.44. The minimum Gasteiger partial charge on any atom is -0.376 e. The van der Waals surface area contributed by atoms with E-state index in [1.165, 1.54) is 25.7 Å². The van der Waals surface area contributed by atoms with Gasteiger partial charge in [-0.1, -0.05) is 12.8 Å². The first-order valence-electron chi connectivity index (χ1n) is 6.94. The average Bonchev–Trinajstić information content (AvgIpc) is 3.13. The highest BCUT2D eigenvalue weighted by Crippen LogP contribution is 2.27. The molecule has 2 heterocycles. The third-order valence-electron chi connectivity index (χ3n) is 3.48. The second-order valence-electron chi connectivity index (χ2n) is 4.88. The molecule has 20 heavy (non-hydrogen) atoms. The smallest absolute Gasteiger partial charge is 0.239 e. The van der Waals surface area contributed by atoms with Gasteiger partial charge in [0.15, 0.2) is 0 Å². The van der Waals surface area contributed by atoms with Crippen molar-refractivity contribution in [1.29, 1.82) is 0 Å². The SMILES string of the molecule is NNc1nc(NCCOC2CCCC2)c2sccc2n1. The minimum absolute atomic E-state index is 0.426. The van der Waals surface area contributed by atoms with Crippen LogP contribution in [-0.4, -0.2) is 29.2 Å². The van der Waals surface area contributed by atoms with Gasteiger partial charge in [0, 0.05) is 6.54 Å². The van der Waals surface area contributed by atoms with Crippen molar-refractivity contribution in [2.45, 2.75) is 31.8 Å². The summed E-state index contributed by atoms with van der Waals surface area (Å²) in [6, 6.07) is 1.96. The van der Waals surface area contributed by atoms with Gasteiger partial charge in [-0.15, -0.1) is 11.3 Å². The lowest BCUT2D eigenvalue weighted by atomic mass is 10.3. The molecule has 0 amide bonds. The molecule has 1 fully saturated rings. The number of hydrazine groups is 1. The molecule has 0 saturated heterocycles. The second kappa shape index (κ2) is 6.34. The maximum absolute atomic E-state index is 5.83. The van der Waals surface area contributed by atoms with E-state index in [4.69, 9.17) is 10.6 Å². The number of hydrogen-bond donors (Lipinski definition) is 3. The Kier molecular flexibility index (Phi) is 4.29. The molecule has 7 heteroatoms. The van der Waals surface area contributed by atoms with Gasteiger partial charge in [-0.25, -0.2) is 10.8 Å². The Morgan fingerprint density at radius 3 is 3.00 bits per heavy atom. The van der Waals surface area contributed by atoms with Crippen LogP contribution >= 0.6 is 11.3 Å². The summed E-state index contributed by atoms with van der Waals surface area (Å²) >= 11 is 1.62. The van der Waals surface area contributed by atoms with Gasteiger partial charge in [-0.2, -0.15) is 4.98 Å². The number of thiophene rings is 1. The normalized spacial score (nSPS) is 15.8. The zero-order valence-electron chi connectivity index (χ0n) is 11.3. The maximum Gasteiger partial charge on any atom is 0.239 e. The van der Waals surface area contributed by atoms with Crippen LogP contribution in [0.1, 0.15) is 25.7 Å². The van der Waals surface area contributed by atoms with Crippen molar-refractivity contribution < 1.29 is 4.74 Å². The van der Waals surface area contributed by atoms with Crippen molar-refractivity contribution in [3.63, 3.8) is 0 Å². The molecule has 0 atom stereocenters. The van der Waals surface area contributed by atoms with E-state index in [0.717, 1.165) is 22.6 Å². The zero-order valence-corrected chi connectivity index (χ0v) is 12.1. The van der Waals surface area contributed by atoms with Gasteiger partial charge in [-0.3, -0.25) is 5.43 Å². The molecule has 0 radical (unpaired) electrons. The third kappa shape index (κ3) is 3.00. The van der Waals surface area contributed by atoms with E-state index in [-0.39, 0.29) is 0 Å². The quantitative estimate of drug-likeness (QED) is 0.431. The fraction of sp³-hybridized carbons (Fsp3) is 0.538. The largest absolute Gasteiger partial charge is 0.376 e. The number of nitrogens with zero attached hydrogens (tertiary/aromatic N) is 2. The lowest BCUT2D eigenvalue weighted by Crippen LogP contribution is -2.17. The van der Waals surface area contributed by atoms with Gasteiger partial charge in [0.05, 0.1) is 22.9 Å². The van der Waals surface area contributed by atoms with Crippen LogP contribution in [0.3, 0.4) is 0 Å². The van der Waals surface area contributed by atoms with Gasteiger partial charge in [0.1, 0.15) is 5.82 Å². The van der Waals surface area contributed by atoms with Crippen LogP contribution in [0.2, 0.25) is 0 Å². The van der Waals surface area contributed by atoms with Gasteiger partial charge in [0.25, 0.3) is 0 Å². The van der Waals surface area contributed by atoms with Crippen LogP contribution in [0.4, 0.5) is 11.8 Å². The molecule has 6 nitrogen and oxygen atoms in total. The number of anilines is 2. The number of nitrogens with two attached hydrogens (primary N) is 1. The highest BCUT2D eigenvalue weighted by atomic mass is 32.1. The predicted octanol–water partition coefficient (Wildman–Crippen LogP) is 2.35. The van der Waals surface area contributed by atoms with Crippen LogP contribution in [0.15, 0.2) is 11.4 Å². The van der Waals surface area contributed by atoms with Crippen molar-refractivity contribution in [3.05, 3.63) is 11.4 Å². The molecule has 1 aliphatic carbocycles. The van der Waals surface area contributed by atoms with Crippen LogP contribution in [0.5, 0.6) is 0 Å². The Balaban J connectivity index is 1.59. The lowest BCUT2D eigenvalue weighted by molar-refractivity contribution is 0.0659. The minimum atomic E-state index is 0.426. The van der Waals surface area contributed by atoms with Crippen molar-refractivity contribution in [3.8, 4) is 0 Å². The molecule has 3 rings (SSSR count). The first kappa shape index (κ1) is 13.5. The first-order valence-corrected chi connectivity index (χ1v) is 7.82. The molecule has 1 aliphatic rings. The molecular weight excluding hydrogens is 274 g/mol. The van der Waals surface area contributed by atoms with Crippen LogP contribution in [0.25, 0.3) is 10.2 Å². The van der Waals surface area contributed by atoms with Gasteiger partial charge >= 0.3 is 0 Å². The third-order valence-corrected chi connectivity index (χ3v) is 4.39. The highest BCUT2D eigenvalue weighted by Gasteiger charge is 2.15. The Morgan fingerprint density at radius 1 is 1.35 bits per heavy atom. The summed E-state index contributed by atoms with van der Waals surface area (Å²) < 4.78 is 6.88. The summed E-state index contributed by atoms with van der Waals surface area (Å²) in [5.74, 6) is 6.63. The van der Waals surface area contributed by atoms with Crippen molar-refractivity contribution in [1.82, 2.24) is 9.97 Å². The van der Waals surface area contributed by atoms with Crippen molar-refractivity contribution in [2.75, 3.05) is 23.9 Å². The van der Waals surface area contributed by atoms with Crippen molar-refractivity contribution >= 4 is 33.3 Å². The van der Waals surface area contributed by atoms with E-state index >= 15 is 0 Å². The maximum atomic E-state index is 5.83. The van der Waals surface area contributed by atoms with E-state index in [1.807, 2.05) is 11.4 Å². The fourth-order valence-electron chi connectivity index (χ4n) is 2.50. The standard InChI is InChI=1S/C13H19N5OS/c14-18-13-16-10-5-8-20-11(10)12(17-13)15-6-7-19-9-3-1-2-4-9/h5,8-9H,1-4,6-7,14H2,(H2,15,16,17,18). The Labute approximate surface area is 121 Å². The molecule has 0 aliphatic heterocycles. The topological polar surface area (TPSA) is 85.1 Å². The van der Waals surface area contributed by atoms with Crippen LogP contribution in [0, 0.1) is 0 Å². The number of nitrogen functional groups attached to an aromatic ring is 1. The number of aromatic nitrogens is 2. The Bertz CT molecular complexity index is 567. The van der Waals surface area contributed by atoms with Crippen molar-refractivity contribution in [2.24, 2.45) is 5.84 Å². The zero-order chi connectivity index (χ0) is 13.8. The number of hydrogen-bond acceptors (Lipinski definition) is 7. The summed E-state index contributed by atoms with van der Waals surface area (Å²) in [5, 5.41) is 5.31. The number of fused-ring (bicyclic) bond motifs is 1. The summed E-state index contributed by atoms with van der Waals surface area (Å²) in [7, 11) is 0. The highest BCUT2D eigenvalue weighted by molar-refractivity contribution is 7.17. The molecule has 4 N–H and O–H groups in total. The first-order chi connectivity index (χ1) is 9.86.